The van der Waals surface area contributed by atoms with Crippen molar-refractivity contribution < 1.29 is 18.0 Å². The third kappa shape index (κ3) is 3.87. The molecule has 1 amide bonds. The monoisotopic (exact) mass is 394 g/mol. The van der Waals surface area contributed by atoms with Crippen LogP contribution in [-0.4, -0.2) is 5.91 Å². The highest BCUT2D eigenvalue weighted by atomic mass is 19.4. The van der Waals surface area contributed by atoms with Crippen molar-refractivity contribution in [3.63, 3.8) is 0 Å². The van der Waals surface area contributed by atoms with Gasteiger partial charge in [0.05, 0.1) is 11.6 Å². The van der Waals surface area contributed by atoms with E-state index in [1.54, 1.807) is 23.1 Å². The molecule has 0 radical (unpaired) electrons. The second-order valence-electron chi connectivity index (χ2n) is 6.65. The molecule has 0 saturated heterocycles. The molecule has 0 aliphatic carbocycles. The molecule has 1 N–H and O–H groups in total. The second-order valence-corrected chi connectivity index (χ2v) is 6.65. The minimum atomic E-state index is -4.40. The Bertz CT molecular complexity index is 1030. The number of nitrogens with one attached hydrogen (secondary N) is 1. The molecule has 3 aromatic carbocycles. The van der Waals surface area contributed by atoms with E-state index in [4.69, 9.17) is 0 Å². The van der Waals surface area contributed by atoms with Gasteiger partial charge in [0.1, 0.15) is 5.70 Å². The Hall–Kier alpha value is -3.54. The molecule has 1 heterocycles. The van der Waals surface area contributed by atoms with Crippen molar-refractivity contribution in [3.05, 3.63) is 108 Å². The molecular weight excluding hydrogens is 377 g/mol. The lowest BCUT2D eigenvalue weighted by Crippen LogP contribution is -2.30. The van der Waals surface area contributed by atoms with E-state index in [9.17, 15) is 18.0 Å². The Balaban J connectivity index is 1.71. The Morgan fingerprint density at radius 2 is 1.38 bits per heavy atom. The highest BCUT2D eigenvalue weighted by Gasteiger charge is 2.36. The zero-order chi connectivity index (χ0) is 20.4. The van der Waals surface area contributed by atoms with Gasteiger partial charge in [-0.05, 0) is 48.0 Å². The quantitative estimate of drug-likeness (QED) is 0.608. The summed E-state index contributed by atoms with van der Waals surface area (Å²) in [7, 11) is 0. The number of alkyl halides is 3. The van der Waals surface area contributed by atoms with Gasteiger partial charge in [0.25, 0.3) is 5.91 Å². The van der Waals surface area contributed by atoms with Crippen LogP contribution in [0.3, 0.4) is 0 Å². The van der Waals surface area contributed by atoms with Crippen molar-refractivity contribution >= 4 is 17.3 Å². The molecular formula is C23H17F3N2O. The first kappa shape index (κ1) is 18.8. The molecule has 1 unspecified atom stereocenters. The van der Waals surface area contributed by atoms with Gasteiger partial charge in [0.2, 0.25) is 0 Å². The number of para-hydroxylation sites is 2. The van der Waals surface area contributed by atoms with Crippen LogP contribution < -0.4 is 10.2 Å². The molecule has 1 aliphatic heterocycles. The molecule has 29 heavy (non-hydrogen) atoms. The van der Waals surface area contributed by atoms with Crippen LogP contribution in [0, 0.1) is 0 Å². The Kier molecular flexibility index (Phi) is 4.84. The lowest BCUT2D eigenvalue weighted by molar-refractivity contribution is -0.137. The summed E-state index contributed by atoms with van der Waals surface area (Å²) in [4.78, 5) is 14.7. The van der Waals surface area contributed by atoms with Gasteiger partial charge in [-0.3, -0.25) is 9.69 Å². The van der Waals surface area contributed by atoms with Crippen LogP contribution in [-0.2, 0) is 11.0 Å². The molecule has 0 spiro atoms. The lowest BCUT2D eigenvalue weighted by Gasteiger charge is -2.25. The van der Waals surface area contributed by atoms with E-state index in [0.29, 0.717) is 16.9 Å². The number of halogens is 3. The summed E-state index contributed by atoms with van der Waals surface area (Å²) in [5, 5.41) is 3.12. The van der Waals surface area contributed by atoms with E-state index in [2.05, 4.69) is 5.32 Å². The molecule has 146 valence electrons. The minimum absolute atomic E-state index is 0.245. The van der Waals surface area contributed by atoms with Crippen LogP contribution >= 0.6 is 0 Å². The lowest BCUT2D eigenvalue weighted by atomic mass is 10.0. The number of rotatable bonds is 4. The van der Waals surface area contributed by atoms with Gasteiger partial charge in [-0.15, -0.1) is 0 Å². The average Bonchev–Trinajstić information content (AvgIpc) is 3.05. The average molecular weight is 394 g/mol. The fourth-order valence-electron chi connectivity index (χ4n) is 3.31. The molecule has 3 nitrogen and oxygen atoms in total. The summed E-state index contributed by atoms with van der Waals surface area (Å²) in [6, 6.07) is 22.7. The highest BCUT2D eigenvalue weighted by molar-refractivity contribution is 6.11. The van der Waals surface area contributed by atoms with E-state index < -0.39 is 17.8 Å². The van der Waals surface area contributed by atoms with Gasteiger partial charge >= 0.3 is 6.18 Å². The number of anilines is 2. The van der Waals surface area contributed by atoms with Crippen molar-refractivity contribution in [2.75, 3.05) is 10.2 Å². The number of carbonyl (C=O) groups is 1. The first-order valence-corrected chi connectivity index (χ1v) is 9.03. The summed E-state index contributed by atoms with van der Waals surface area (Å²) in [5.41, 5.74) is 1.69. The van der Waals surface area contributed by atoms with Crippen LogP contribution in [0.2, 0.25) is 0 Å². The summed E-state index contributed by atoms with van der Waals surface area (Å²) >= 11 is 0. The summed E-state index contributed by atoms with van der Waals surface area (Å²) in [5.74, 6) is -0.245. The van der Waals surface area contributed by atoms with Crippen LogP contribution in [0.4, 0.5) is 24.5 Å². The van der Waals surface area contributed by atoms with E-state index in [0.717, 1.165) is 17.8 Å². The summed E-state index contributed by atoms with van der Waals surface area (Å²) < 4.78 is 38.8. The molecule has 1 atom stereocenters. The Morgan fingerprint density at radius 1 is 0.793 bits per heavy atom. The van der Waals surface area contributed by atoms with Crippen molar-refractivity contribution in [2.24, 2.45) is 0 Å². The van der Waals surface area contributed by atoms with Crippen molar-refractivity contribution in [3.8, 4) is 0 Å². The Labute approximate surface area is 166 Å². The molecule has 6 heteroatoms. The van der Waals surface area contributed by atoms with Gasteiger partial charge in [0.15, 0.2) is 0 Å². The maximum atomic E-state index is 13.1. The number of hydrogen-bond acceptors (Lipinski definition) is 2. The van der Waals surface area contributed by atoms with Crippen LogP contribution in [0.1, 0.15) is 17.2 Å². The highest BCUT2D eigenvalue weighted by Crippen LogP contribution is 2.37. The first-order chi connectivity index (χ1) is 13.9. The third-order valence-electron chi connectivity index (χ3n) is 4.72. The fraction of sp³-hybridized carbons (Fsp3) is 0.0870. The smallest absolute Gasteiger partial charge is 0.351 e. The number of benzene rings is 3. The summed E-state index contributed by atoms with van der Waals surface area (Å²) in [6.07, 6.45) is -2.66. The predicted molar refractivity (Wildman–Crippen MR) is 106 cm³/mol. The van der Waals surface area contributed by atoms with E-state index in [1.165, 1.54) is 12.1 Å². The third-order valence-corrected chi connectivity index (χ3v) is 4.72. The summed E-state index contributed by atoms with van der Waals surface area (Å²) in [6.45, 7) is 0. The second kappa shape index (κ2) is 7.47. The maximum absolute atomic E-state index is 13.1. The van der Waals surface area contributed by atoms with Crippen molar-refractivity contribution in [2.45, 2.75) is 12.2 Å². The van der Waals surface area contributed by atoms with Crippen molar-refractivity contribution in [1.29, 1.82) is 0 Å². The molecule has 0 aromatic heterocycles. The number of carbonyl (C=O) groups excluding carboxylic acids is 1. The molecule has 0 fully saturated rings. The predicted octanol–water partition coefficient (Wildman–Crippen LogP) is 5.79. The van der Waals surface area contributed by atoms with Gasteiger partial charge in [-0.1, -0.05) is 48.5 Å². The zero-order valence-electron chi connectivity index (χ0n) is 15.2. The van der Waals surface area contributed by atoms with Crippen LogP contribution in [0.25, 0.3) is 0 Å². The molecule has 0 bridgehead atoms. The molecule has 3 aromatic rings. The standard InChI is InChI=1S/C23H17F3N2O/c24-23(25,26)17-13-11-16(12-14-17)21-15-20(27-18-7-3-1-4-8-18)22(29)28(21)19-9-5-2-6-10-19/h1-15,21,27H. The number of nitrogens with zero attached hydrogens (tertiary/aromatic N) is 1. The van der Waals surface area contributed by atoms with Gasteiger partial charge < -0.3 is 5.32 Å². The topological polar surface area (TPSA) is 32.3 Å². The molecule has 1 aliphatic rings. The number of hydrogen-bond donors (Lipinski definition) is 1. The normalized spacial score (nSPS) is 16.7. The first-order valence-electron chi connectivity index (χ1n) is 9.03. The minimum Gasteiger partial charge on any atom is -0.351 e. The van der Waals surface area contributed by atoms with Crippen LogP contribution in [0.15, 0.2) is 96.7 Å². The molecule has 0 saturated carbocycles. The zero-order valence-corrected chi connectivity index (χ0v) is 15.2. The van der Waals surface area contributed by atoms with Crippen LogP contribution in [0.5, 0.6) is 0 Å². The van der Waals surface area contributed by atoms with Crippen molar-refractivity contribution in [1.82, 2.24) is 0 Å². The van der Waals surface area contributed by atoms with E-state index in [1.807, 2.05) is 48.5 Å². The Morgan fingerprint density at radius 3 is 1.97 bits per heavy atom. The fourth-order valence-corrected chi connectivity index (χ4v) is 3.31. The SMILES string of the molecule is O=C1C(Nc2ccccc2)=CC(c2ccc(C(F)(F)F)cc2)N1c1ccccc1. The number of amides is 1. The van der Waals surface area contributed by atoms with E-state index >= 15 is 0 Å². The van der Waals surface area contributed by atoms with Gasteiger partial charge in [-0.25, -0.2) is 0 Å². The molecule has 4 rings (SSSR count). The van der Waals surface area contributed by atoms with Gasteiger partial charge in [-0.2, -0.15) is 13.2 Å². The maximum Gasteiger partial charge on any atom is 0.416 e. The van der Waals surface area contributed by atoms with Gasteiger partial charge in [0, 0.05) is 11.4 Å². The largest absolute Gasteiger partial charge is 0.416 e. The van der Waals surface area contributed by atoms with E-state index in [-0.39, 0.29) is 5.91 Å².